The number of fused-ring (bicyclic) bond motifs is 1. The number of nitrogens with zero attached hydrogens (tertiary/aromatic N) is 3. The monoisotopic (exact) mass is 266 g/mol. The smallest absolute Gasteiger partial charge is 0.115 e. The number of rotatable bonds is 4. The van der Waals surface area contributed by atoms with Crippen molar-refractivity contribution in [2.45, 2.75) is 26.2 Å². The predicted octanol–water partition coefficient (Wildman–Crippen LogP) is 3.35. The van der Waals surface area contributed by atoms with Crippen LogP contribution in [0.5, 0.6) is 0 Å². The Labute approximate surface area is 118 Å². The van der Waals surface area contributed by atoms with Gasteiger partial charge in [0.1, 0.15) is 11.0 Å². The van der Waals surface area contributed by atoms with Crippen LogP contribution >= 0.6 is 0 Å². The number of unbranched alkanes of at least 4 members (excludes halogenated alkanes) is 1. The zero-order valence-electron chi connectivity index (χ0n) is 11.6. The highest BCUT2D eigenvalue weighted by Gasteiger charge is 2.04. The van der Waals surface area contributed by atoms with Gasteiger partial charge >= 0.3 is 0 Å². The Kier molecular flexibility index (Phi) is 3.37. The normalized spacial score (nSPS) is 11.1. The Morgan fingerprint density at radius 2 is 1.75 bits per heavy atom. The van der Waals surface area contributed by atoms with Crippen molar-refractivity contribution in [1.29, 1.82) is 0 Å². The summed E-state index contributed by atoms with van der Waals surface area (Å²) in [4.78, 5) is 1.66. The summed E-state index contributed by atoms with van der Waals surface area (Å²) in [6, 6.07) is 14.0. The Morgan fingerprint density at radius 3 is 2.50 bits per heavy atom. The van der Waals surface area contributed by atoms with Gasteiger partial charge in [0, 0.05) is 5.69 Å². The van der Waals surface area contributed by atoms with Crippen molar-refractivity contribution in [1.82, 2.24) is 15.0 Å². The van der Waals surface area contributed by atoms with Crippen LogP contribution in [0.25, 0.3) is 16.7 Å². The van der Waals surface area contributed by atoms with Crippen molar-refractivity contribution in [3.05, 3.63) is 48.0 Å². The van der Waals surface area contributed by atoms with Gasteiger partial charge in [-0.25, -0.2) is 0 Å². The molecule has 3 rings (SSSR count). The maximum absolute atomic E-state index is 5.76. The van der Waals surface area contributed by atoms with Crippen LogP contribution < -0.4 is 5.73 Å². The molecule has 2 N–H and O–H groups in total. The van der Waals surface area contributed by atoms with Crippen molar-refractivity contribution in [3.63, 3.8) is 0 Å². The second-order valence-electron chi connectivity index (χ2n) is 5.01. The van der Waals surface area contributed by atoms with Crippen LogP contribution in [0.1, 0.15) is 25.3 Å². The van der Waals surface area contributed by atoms with Crippen LogP contribution in [0.3, 0.4) is 0 Å². The number of nitrogen functional groups attached to an aromatic ring is 1. The summed E-state index contributed by atoms with van der Waals surface area (Å²) in [5, 5.41) is 8.93. The highest BCUT2D eigenvalue weighted by atomic mass is 15.5. The van der Waals surface area contributed by atoms with E-state index >= 15 is 0 Å². The second kappa shape index (κ2) is 5.33. The van der Waals surface area contributed by atoms with Gasteiger partial charge < -0.3 is 5.73 Å². The van der Waals surface area contributed by atoms with Crippen molar-refractivity contribution < 1.29 is 0 Å². The summed E-state index contributed by atoms with van der Waals surface area (Å²) in [5.41, 5.74) is 10.5. The molecule has 1 heterocycles. The van der Waals surface area contributed by atoms with E-state index in [9.17, 15) is 0 Å². The Morgan fingerprint density at radius 1 is 1.00 bits per heavy atom. The van der Waals surface area contributed by atoms with E-state index in [1.165, 1.54) is 18.4 Å². The lowest BCUT2D eigenvalue weighted by Crippen LogP contribution is -1.98. The number of aryl methyl sites for hydroxylation is 1. The third-order valence-electron chi connectivity index (χ3n) is 3.39. The zero-order chi connectivity index (χ0) is 13.9. The molecule has 0 unspecified atom stereocenters. The van der Waals surface area contributed by atoms with Gasteiger partial charge in [-0.15, -0.1) is 10.2 Å². The molecule has 2 aromatic carbocycles. The molecule has 0 saturated carbocycles. The number of anilines is 1. The van der Waals surface area contributed by atoms with Gasteiger partial charge in [-0.1, -0.05) is 25.5 Å². The molecule has 0 aliphatic heterocycles. The average molecular weight is 266 g/mol. The van der Waals surface area contributed by atoms with E-state index in [0.29, 0.717) is 5.69 Å². The van der Waals surface area contributed by atoms with Crippen LogP contribution in [0.15, 0.2) is 42.5 Å². The summed E-state index contributed by atoms with van der Waals surface area (Å²) in [5.74, 6) is 0. The van der Waals surface area contributed by atoms with Crippen molar-refractivity contribution >= 4 is 16.7 Å². The van der Waals surface area contributed by atoms with Gasteiger partial charge in [0.15, 0.2) is 0 Å². The molecule has 0 radical (unpaired) electrons. The lowest BCUT2D eigenvalue weighted by molar-refractivity contribution is 0.762. The molecule has 4 heteroatoms. The molecule has 0 atom stereocenters. The van der Waals surface area contributed by atoms with Gasteiger partial charge in [0.2, 0.25) is 0 Å². The molecule has 0 fully saturated rings. The first-order valence-electron chi connectivity index (χ1n) is 6.98. The molecule has 0 bridgehead atoms. The molecule has 0 amide bonds. The lowest BCUT2D eigenvalue weighted by Gasteiger charge is -2.02. The predicted molar refractivity (Wildman–Crippen MR) is 81.9 cm³/mol. The van der Waals surface area contributed by atoms with E-state index in [1.54, 1.807) is 4.80 Å². The van der Waals surface area contributed by atoms with E-state index in [2.05, 4.69) is 41.4 Å². The van der Waals surface area contributed by atoms with Gasteiger partial charge in [-0.05, 0) is 48.7 Å². The second-order valence-corrected chi connectivity index (χ2v) is 5.01. The zero-order valence-corrected chi connectivity index (χ0v) is 11.6. The Bertz CT molecular complexity index is 713. The van der Waals surface area contributed by atoms with Gasteiger partial charge in [0.25, 0.3) is 0 Å². The van der Waals surface area contributed by atoms with E-state index in [1.807, 2.05) is 18.2 Å². The van der Waals surface area contributed by atoms with Crippen LogP contribution in [-0.4, -0.2) is 15.0 Å². The fourth-order valence-corrected chi connectivity index (χ4v) is 2.22. The standard InChI is InChI=1S/C16H18N4/c1-2-3-4-12-5-8-14(9-6-12)20-18-15-10-7-13(17)11-16(15)19-20/h5-11H,2-4,17H2,1H3. The van der Waals surface area contributed by atoms with E-state index in [-0.39, 0.29) is 0 Å². The van der Waals surface area contributed by atoms with Crippen molar-refractivity contribution in [3.8, 4) is 5.69 Å². The number of hydrogen-bond donors (Lipinski definition) is 1. The summed E-state index contributed by atoms with van der Waals surface area (Å²) in [7, 11) is 0. The minimum absolute atomic E-state index is 0.708. The molecule has 1 aromatic heterocycles. The van der Waals surface area contributed by atoms with E-state index < -0.39 is 0 Å². The third kappa shape index (κ3) is 2.50. The fourth-order valence-electron chi connectivity index (χ4n) is 2.22. The highest BCUT2D eigenvalue weighted by Crippen LogP contribution is 2.16. The fraction of sp³-hybridized carbons (Fsp3) is 0.250. The molecule has 20 heavy (non-hydrogen) atoms. The molecule has 102 valence electrons. The quantitative estimate of drug-likeness (QED) is 0.737. The van der Waals surface area contributed by atoms with Crippen molar-refractivity contribution in [2.24, 2.45) is 0 Å². The molecule has 0 saturated heterocycles. The lowest BCUT2D eigenvalue weighted by atomic mass is 10.1. The molecular formula is C16H18N4. The van der Waals surface area contributed by atoms with Gasteiger partial charge in [-0.2, -0.15) is 4.80 Å². The molecular weight excluding hydrogens is 248 g/mol. The SMILES string of the molecule is CCCCc1ccc(-n2nc3ccc(N)cc3n2)cc1. The first-order valence-corrected chi connectivity index (χ1v) is 6.98. The Balaban J connectivity index is 1.90. The summed E-state index contributed by atoms with van der Waals surface area (Å²) in [6.45, 7) is 2.21. The first-order chi connectivity index (χ1) is 9.76. The molecule has 4 nitrogen and oxygen atoms in total. The van der Waals surface area contributed by atoms with Gasteiger partial charge in [0.05, 0.1) is 5.69 Å². The highest BCUT2D eigenvalue weighted by molar-refractivity contribution is 5.77. The number of benzene rings is 2. The summed E-state index contributed by atoms with van der Waals surface area (Å²) in [6.07, 6.45) is 3.57. The molecule has 0 aliphatic rings. The number of hydrogen-bond acceptors (Lipinski definition) is 3. The topological polar surface area (TPSA) is 56.7 Å². The van der Waals surface area contributed by atoms with Crippen LogP contribution in [-0.2, 0) is 6.42 Å². The minimum atomic E-state index is 0.708. The third-order valence-corrected chi connectivity index (χ3v) is 3.39. The van der Waals surface area contributed by atoms with Crippen LogP contribution in [0.4, 0.5) is 5.69 Å². The van der Waals surface area contributed by atoms with E-state index in [0.717, 1.165) is 23.1 Å². The van der Waals surface area contributed by atoms with Crippen molar-refractivity contribution in [2.75, 3.05) is 5.73 Å². The van der Waals surface area contributed by atoms with Gasteiger partial charge in [-0.3, -0.25) is 0 Å². The maximum atomic E-state index is 5.76. The first kappa shape index (κ1) is 12.7. The minimum Gasteiger partial charge on any atom is -0.399 e. The molecule has 0 aliphatic carbocycles. The van der Waals surface area contributed by atoms with E-state index in [4.69, 9.17) is 5.73 Å². The molecule has 3 aromatic rings. The number of nitrogens with two attached hydrogens (primary N) is 1. The number of aromatic nitrogens is 3. The largest absolute Gasteiger partial charge is 0.399 e. The molecule has 0 spiro atoms. The Hall–Kier alpha value is -2.36. The summed E-state index contributed by atoms with van der Waals surface area (Å²) >= 11 is 0. The van der Waals surface area contributed by atoms with Crippen LogP contribution in [0.2, 0.25) is 0 Å². The summed E-state index contributed by atoms with van der Waals surface area (Å²) < 4.78 is 0. The average Bonchev–Trinajstić information content (AvgIpc) is 2.88. The maximum Gasteiger partial charge on any atom is 0.115 e. The van der Waals surface area contributed by atoms with Crippen LogP contribution in [0, 0.1) is 0 Å².